The second-order valence-electron chi connectivity index (χ2n) is 2.99. The minimum atomic E-state index is -3.66. The molecule has 0 saturated heterocycles. The molecule has 1 aromatic carbocycles. The van der Waals surface area contributed by atoms with Gasteiger partial charge in [0.2, 0.25) is 0 Å². The van der Waals surface area contributed by atoms with Crippen LogP contribution in [0, 0.1) is 5.82 Å². The number of halogens is 1. The molecule has 6 heteroatoms. The van der Waals surface area contributed by atoms with Crippen LogP contribution in [0.3, 0.4) is 0 Å². The molecular formula is C9H13FN2O2S. The summed E-state index contributed by atoms with van der Waals surface area (Å²) in [6, 6.07) is 4.84. The van der Waals surface area contributed by atoms with Crippen molar-refractivity contribution in [1.82, 2.24) is 10.3 Å². The molecule has 0 bridgehead atoms. The molecule has 0 unspecified atom stereocenters. The zero-order valence-corrected chi connectivity index (χ0v) is 9.14. The first-order valence-electron chi connectivity index (χ1n) is 4.56. The fraction of sp³-hybridized carbons (Fsp3) is 0.333. The van der Waals surface area contributed by atoms with Gasteiger partial charge in [-0.1, -0.05) is 13.0 Å². The van der Waals surface area contributed by atoms with Gasteiger partial charge in [-0.2, -0.15) is 0 Å². The van der Waals surface area contributed by atoms with Crippen LogP contribution in [0.5, 0.6) is 0 Å². The maximum Gasteiger partial charge on any atom is 0.253 e. The monoisotopic (exact) mass is 232 g/mol. The van der Waals surface area contributed by atoms with E-state index in [1.807, 2.05) is 6.92 Å². The van der Waals surface area contributed by atoms with E-state index in [1.165, 1.54) is 18.2 Å². The zero-order valence-electron chi connectivity index (χ0n) is 8.33. The summed E-state index contributed by atoms with van der Waals surface area (Å²) in [6.45, 7) is 2.43. The van der Waals surface area contributed by atoms with Crippen molar-refractivity contribution >= 4 is 10.0 Å². The summed E-state index contributed by atoms with van der Waals surface area (Å²) in [4.78, 5) is 2.07. The average molecular weight is 232 g/mol. The predicted molar refractivity (Wildman–Crippen MR) is 55.0 cm³/mol. The van der Waals surface area contributed by atoms with Crippen molar-refractivity contribution in [3.8, 4) is 0 Å². The quantitative estimate of drug-likeness (QED) is 0.588. The van der Waals surface area contributed by atoms with Crippen LogP contribution in [-0.4, -0.2) is 15.0 Å². The standard InChI is InChI=1S/C9H13FN2O2S/c1-2-6-11-12-15(13,14)9-5-3-4-8(10)7-9/h3-5,7,11-12H,2,6H2,1H3. The van der Waals surface area contributed by atoms with Gasteiger partial charge in [-0.05, 0) is 24.6 Å². The summed E-state index contributed by atoms with van der Waals surface area (Å²) in [7, 11) is -3.66. The first-order valence-corrected chi connectivity index (χ1v) is 6.05. The first-order chi connectivity index (χ1) is 7.06. The largest absolute Gasteiger partial charge is 0.253 e. The van der Waals surface area contributed by atoms with E-state index >= 15 is 0 Å². The highest BCUT2D eigenvalue weighted by molar-refractivity contribution is 7.89. The highest BCUT2D eigenvalue weighted by atomic mass is 32.2. The molecule has 4 nitrogen and oxygen atoms in total. The third kappa shape index (κ3) is 3.58. The number of nitrogens with one attached hydrogen (secondary N) is 2. The molecular weight excluding hydrogens is 219 g/mol. The molecule has 0 heterocycles. The minimum Gasteiger partial charge on any atom is -0.244 e. The van der Waals surface area contributed by atoms with Crippen molar-refractivity contribution in [3.63, 3.8) is 0 Å². The average Bonchev–Trinajstić information content (AvgIpc) is 2.18. The van der Waals surface area contributed by atoms with Crippen molar-refractivity contribution in [3.05, 3.63) is 30.1 Å². The van der Waals surface area contributed by atoms with Crippen LogP contribution in [0.2, 0.25) is 0 Å². The molecule has 0 radical (unpaired) electrons. The van der Waals surface area contributed by atoms with Gasteiger partial charge in [0.05, 0.1) is 4.90 Å². The smallest absolute Gasteiger partial charge is 0.244 e. The second kappa shape index (κ2) is 5.20. The van der Waals surface area contributed by atoms with Crippen LogP contribution >= 0.6 is 0 Å². The molecule has 0 aliphatic rings. The number of hydrogen-bond donors (Lipinski definition) is 2. The molecule has 0 aromatic heterocycles. The lowest BCUT2D eigenvalue weighted by atomic mass is 10.4. The van der Waals surface area contributed by atoms with Crippen molar-refractivity contribution in [1.29, 1.82) is 0 Å². The van der Waals surface area contributed by atoms with Gasteiger partial charge in [0, 0.05) is 6.54 Å². The van der Waals surface area contributed by atoms with Crippen LogP contribution in [0.15, 0.2) is 29.2 Å². The molecule has 0 aliphatic heterocycles. The fourth-order valence-corrected chi connectivity index (χ4v) is 1.90. The van der Waals surface area contributed by atoms with Gasteiger partial charge in [0.15, 0.2) is 0 Å². The second-order valence-corrected chi connectivity index (χ2v) is 4.67. The van der Waals surface area contributed by atoms with E-state index in [9.17, 15) is 12.8 Å². The minimum absolute atomic E-state index is 0.0916. The third-order valence-corrected chi connectivity index (χ3v) is 2.98. The van der Waals surface area contributed by atoms with E-state index < -0.39 is 15.8 Å². The van der Waals surface area contributed by atoms with E-state index in [0.29, 0.717) is 6.54 Å². The molecule has 2 N–H and O–H groups in total. The van der Waals surface area contributed by atoms with Crippen molar-refractivity contribution < 1.29 is 12.8 Å². The summed E-state index contributed by atoms with van der Waals surface area (Å²) in [6.07, 6.45) is 0.797. The third-order valence-electron chi connectivity index (χ3n) is 1.69. The zero-order chi connectivity index (χ0) is 11.3. The van der Waals surface area contributed by atoms with Gasteiger partial charge in [0.1, 0.15) is 5.82 Å². The number of sulfonamides is 1. The highest BCUT2D eigenvalue weighted by Crippen LogP contribution is 2.09. The summed E-state index contributed by atoms with van der Waals surface area (Å²) in [5, 5.41) is 0. The van der Waals surface area contributed by atoms with Crippen LogP contribution in [0.1, 0.15) is 13.3 Å². The Balaban J connectivity index is 2.77. The number of hydrogen-bond acceptors (Lipinski definition) is 3. The molecule has 1 rings (SSSR count). The maximum atomic E-state index is 12.8. The Bertz CT molecular complexity index is 420. The van der Waals surface area contributed by atoms with E-state index in [-0.39, 0.29) is 4.90 Å². The SMILES string of the molecule is CCCNNS(=O)(=O)c1cccc(F)c1. The van der Waals surface area contributed by atoms with Crippen LogP contribution in [0.25, 0.3) is 0 Å². The lowest BCUT2D eigenvalue weighted by Gasteiger charge is -2.06. The molecule has 0 fully saturated rings. The summed E-state index contributed by atoms with van der Waals surface area (Å²) in [5.74, 6) is -0.576. The molecule has 15 heavy (non-hydrogen) atoms. The van der Waals surface area contributed by atoms with Crippen molar-refractivity contribution in [2.45, 2.75) is 18.2 Å². The summed E-state index contributed by atoms with van der Waals surface area (Å²) >= 11 is 0. The Morgan fingerprint density at radius 3 is 2.73 bits per heavy atom. The van der Waals surface area contributed by atoms with Gasteiger partial charge >= 0.3 is 0 Å². The summed E-state index contributed by atoms with van der Waals surface area (Å²) in [5.41, 5.74) is 2.53. The molecule has 0 aliphatic carbocycles. The van der Waals surface area contributed by atoms with E-state index in [4.69, 9.17) is 0 Å². The predicted octanol–water partition coefficient (Wildman–Crippen LogP) is 1.02. The Hall–Kier alpha value is -0.980. The Morgan fingerprint density at radius 2 is 2.13 bits per heavy atom. The van der Waals surface area contributed by atoms with Gasteiger partial charge in [-0.15, -0.1) is 4.83 Å². The van der Waals surface area contributed by atoms with E-state index in [1.54, 1.807) is 0 Å². The van der Waals surface area contributed by atoms with Gasteiger partial charge < -0.3 is 0 Å². The first kappa shape index (κ1) is 12.1. The normalized spacial score (nSPS) is 11.6. The highest BCUT2D eigenvalue weighted by Gasteiger charge is 2.13. The topological polar surface area (TPSA) is 58.2 Å². The molecule has 1 aromatic rings. The summed E-state index contributed by atoms with van der Waals surface area (Å²) < 4.78 is 35.8. The van der Waals surface area contributed by atoms with E-state index in [0.717, 1.165) is 12.5 Å². The molecule has 84 valence electrons. The molecule has 0 atom stereocenters. The lowest BCUT2D eigenvalue weighted by molar-refractivity contribution is 0.551. The van der Waals surface area contributed by atoms with Crippen LogP contribution in [0.4, 0.5) is 4.39 Å². The number of benzene rings is 1. The van der Waals surface area contributed by atoms with Gasteiger partial charge in [-0.25, -0.2) is 18.2 Å². The Kier molecular flexibility index (Phi) is 4.19. The number of rotatable bonds is 5. The van der Waals surface area contributed by atoms with E-state index in [2.05, 4.69) is 10.3 Å². The Labute approximate surface area is 88.5 Å². The van der Waals surface area contributed by atoms with Crippen molar-refractivity contribution in [2.24, 2.45) is 0 Å². The van der Waals surface area contributed by atoms with Gasteiger partial charge in [-0.3, -0.25) is 0 Å². The van der Waals surface area contributed by atoms with Crippen molar-refractivity contribution in [2.75, 3.05) is 6.54 Å². The Morgan fingerprint density at radius 1 is 1.40 bits per heavy atom. The van der Waals surface area contributed by atoms with Crippen LogP contribution < -0.4 is 10.3 Å². The number of hydrazine groups is 1. The fourth-order valence-electron chi connectivity index (χ4n) is 0.964. The van der Waals surface area contributed by atoms with Crippen LogP contribution in [-0.2, 0) is 10.0 Å². The van der Waals surface area contributed by atoms with Gasteiger partial charge in [0.25, 0.3) is 10.0 Å². The molecule has 0 spiro atoms. The lowest BCUT2D eigenvalue weighted by Crippen LogP contribution is -2.37. The molecule has 0 amide bonds. The maximum absolute atomic E-state index is 12.8. The molecule has 0 saturated carbocycles.